The number of fused-ring (bicyclic) bond motifs is 1. The van der Waals surface area contributed by atoms with Gasteiger partial charge in [-0.2, -0.15) is 0 Å². The van der Waals surface area contributed by atoms with E-state index in [1.54, 1.807) is 0 Å². The third kappa shape index (κ3) is 2.79. The highest BCUT2D eigenvalue weighted by atomic mass is 16.5. The molecule has 0 bridgehead atoms. The van der Waals surface area contributed by atoms with Crippen LogP contribution in [0.4, 0.5) is 0 Å². The van der Waals surface area contributed by atoms with Crippen LogP contribution in [0.15, 0.2) is 42.5 Å². The number of hydrogen-bond donors (Lipinski definition) is 0. The third-order valence-electron chi connectivity index (χ3n) is 3.72. The van der Waals surface area contributed by atoms with Gasteiger partial charge >= 0.3 is 0 Å². The van der Waals surface area contributed by atoms with Crippen molar-refractivity contribution in [1.82, 2.24) is 0 Å². The molecule has 0 fully saturated rings. The molecule has 0 N–H and O–H groups in total. The molecule has 2 heteroatoms. The van der Waals surface area contributed by atoms with E-state index >= 15 is 0 Å². The first-order valence-electron chi connectivity index (χ1n) is 7.22. The summed E-state index contributed by atoms with van der Waals surface area (Å²) in [5.41, 5.74) is 3.90. The van der Waals surface area contributed by atoms with Crippen LogP contribution in [0.5, 0.6) is 11.5 Å². The standard InChI is InChI=1S/C18H20O2/c1-3-14-5-7-16(8-6-14)19-12-17-11-15-10-13(2)4-9-18(15)20-17/h4-10,17H,3,11-12H2,1-2H3. The highest BCUT2D eigenvalue weighted by Crippen LogP contribution is 2.29. The van der Waals surface area contributed by atoms with Gasteiger partial charge in [0.15, 0.2) is 0 Å². The van der Waals surface area contributed by atoms with Gasteiger partial charge in [0.1, 0.15) is 24.2 Å². The lowest BCUT2D eigenvalue weighted by Crippen LogP contribution is -2.22. The summed E-state index contributed by atoms with van der Waals surface area (Å²) in [4.78, 5) is 0. The molecule has 2 nitrogen and oxygen atoms in total. The molecule has 1 atom stereocenters. The van der Waals surface area contributed by atoms with Crippen LogP contribution < -0.4 is 9.47 Å². The van der Waals surface area contributed by atoms with Crippen molar-refractivity contribution in [2.24, 2.45) is 0 Å². The summed E-state index contributed by atoms with van der Waals surface area (Å²) >= 11 is 0. The molecular weight excluding hydrogens is 248 g/mol. The highest BCUT2D eigenvalue weighted by Gasteiger charge is 2.23. The normalized spacial score (nSPS) is 16.6. The first-order chi connectivity index (χ1) is 9.74. The van der Waals surface area contributed by atoms with E-state index in [9.17, 15) is 0 Å². The fourth-order valence-corrected chi connectivity index (χ4v) is 2.55. The van der Waals surface area contributed by atoms with Gasteiger partial charge in [-0.3, -0.25) is 0 Å². The van der Waals surface area contributed by atoms with Gasteiger partial charge < -0.3 is 9.47 Å². The molecule has 104 valence electrons. The Hall–Kier alpha value is -1.96. The Bertz CT molecular complexity index is 587. The van der Waals surface area contributed by atoms with E-state index in [2.05, 4.69) is 44.2 Å². The van der Waals surface area contributed by atoms with Gasteiger partial charge in [-0.05, 0) is 42.7 Å². The summed E-state index contributed by atoms with van der Waals surface area (Å²) in [5, 5.41) is 0. The van der Waals surface area contributed by atoms with Crippen molar-refractivity contribution in [2.45, 2.75) is 32.8 Å². The van der Waals surface area contributed by atoms with Gasteiger partial charge in [0.25, 0.3) is 0 Å². The molecule has 0 aliphatic carbocycles. The van der Waals surface area contributed by atoms with Crippen molar-refractivity contribution in [1.29, 1.82) is 0 Å². The quantitative estimate of drug-likeness (QED) is 0.836. The predicted molar refractivity (Wildman–Crippen MR) is 80.6 cm³/mol. The molecule has 2 aromatic rings. The summed E-state index contributed by atoms with van der Waals surface area (Å²) in [6.07, 6.45) is 2.11. The van der Waals surface area contributed by atoms with E-state index in [1.165, 1.54) is 16.7 Å². The second kappa shape index (κ2) is 5.58. The van der Waals surface area contributed by atoms with E-state index in [0.717, 1.165) is 24.3 Å². The molecule has 1 aliphatic rings. The Morgan fingerprint density at radius 2 is 1.95 bits per heavy atom. The van der Waals surface area contributed by atoms with Gasteiger partial charge in [-0.15, -0.1) is 0 Å². The van der Waals surface area contributed by atoms with Gasteiger partial charge in [-0.1, -0.05) is 36.8 Å². The lowest BCUT2D eigenvalue weighted by Gasteiger charge is -2.12. The first kappa shape index (κ1) is 13.0. The number of benzene rings is 2. The van der Waals surface area contributed by atoms with E-state index in [1.807, 2.05) is 12.1 Å². The average molecular weight is 268 g/mol. The summed E-state index contributed by atoms with van der Waals surface area (Å²) in [7, 11) is 0. The van der Waals surface area contributed by atoms with Crippen LogP contribution in [0, 0.1) is 6.92 Å². The minimum Gasteiger partial charge on any atom is -0.490 e. The molecule has 0 saturated carbocycles. The van der Waals surface area contributed by atoms with E-state index in [4.69, 9.17) is 9.47 Å². The van der Waals surface area contributed by atoms with Gasteiger partial charge in [-0.25, -0.2) is 0 Å². The van der Waals surface area contributed by atoms with Crippen molar-refractivity contribution in [2.75, 3.05) is 6.61 Å². The maximum Gasteiger partial charge on any atom is 0.137 e. The zero-order valence-electron chi connectivity index (χ0n) is 12.1. The molecule has 0 radical (unpaired) electrons. The van der Waals surface area contributed by atoms with E-state index in [0.29, 0.717) is 6.61 Å². The Morgan fingerprint density at radius 1 is 1.15 bits per heavy atom. The average Bonchev–Trinajstić information content (AvgIpc) is 2.87. The molecule has 0 saturated heterocycles. The molecule has 1 aliphatic heterocycles. The molecule has 20 heavy (non-hydrogen) atoms. The van der Waals surface area contributed by atoms with Crippen molar-refractivity contribution in [3.8, 4) is 11.5 Å². The first-order valence-corrected chi connectivity index (χ1v) is 7.22. The van der Waals surface area contributed by atoms with Crippen molar-refractivity contribution in [3.63, 3.8) is 0 Å². The lowest BCUT2D eigenvalue weighted by atomic mass is 10.1. The molecule has 0 spiro atoms. The van der Waals surface area contributed by atoms with Gasteiger partial charge in [0.05, 0.1) is 0 Å². The fraction of sp³-hybridized carbons (Fsp3) is 0.333. The number of aryl methyl sites for hydroxylation is 2. The lowest BCUT2D eigenvalue weighted by molar-refractivity contribution is 0.148. The highest BCUT2D eigenvalue weighted by molar-refractivity contribution is 5.40. The third-order valence-corrected chi connectivity index (χ3v) is 3.72. The largest absolute Gasteiger partial charge is 0.490 e. The van der Waals surface area contributed by atoms with E-state index in [-0.39, 0.29) is 6.10 Å². The number of rotatable bonds is 4. The van der Waals surface area contributed by atoms with Crippen molar-refractivity contribution < 1.29 is 9.47 Å². The SMILES string of the molecule is CCc1ccc(OCC2Cc3cc(C)ccc3O2)cc1. The van der Waals surface area contributed by atoms with E-state index < -0.39 is 0 Å². The van der Waals surface area contributed by atoms with Crippen LogP contribution in [0.25, 0.3) is 0 Å². The molecular formula is C18H20O2. The van der Waals surface area contributed by atoms with Crippen LogP contribution in [0.1, 0.15) is 23.6 Å². The summed E-state index contributed by atoms with van der Waals surface area (Å²) in [6.45, 7) is 4.86. The maximum atomic E-state index is 5.90. The van der Waals surface area contributed by atoms with Crippen LogP contribution in [0.2, 0.25) is 0 Å². The minimum atomic E-state index is 0.123. The van der Waals surface area contributed by atoms with Crippen molar-refractivity contribution in [3.05, 3.63) is 59.2 Å². The molecule has 1 heterocycles. The summed E-state index contributed by atoms with van der Waals surface area (Å²) < 4.78 is 11.7. The Balaban J connectivity index is 1.58. The zero-order valence-corrected chi connectivity index (χ0v) is 12.1. The summed E-state index contributed by atoms with van der Waals surface area (Å²) in [6, 6.07) is 14.6. The van der Waals surface area contributed by atoms with Crippen LogP contribution >= 0.6 is 0 Å². The Kier molecular flexibility index (Phi) is 3.64. The van der Waals surface area contributed by atoms with Gasteiger partial charge in [0.2, 0.25) is 0 Å². The smallest absolute Gasteiger partial charge is 0.137 e. The molecule has 1 unspecified atom stereocenters. The van der Waals surface area contributed by atoms with Crippen LogP contribution in [-0.4, -0.2) is 12.7 Å². The Labute approximate surface area is 120 Å². The second-order valence-electron chi connectivity index (χ2n) is 5.36. The fourth-order valence-electron chi connectivity index (χ4n) is 2.55. The van der Waals surface area contributed by atoms with Crippen LogP contribution in [0.3, 0.4) is 0 Å². The number of ether oxygens (including phenoxy) is 2. The summed E-state index contributed by atoms with van der Waals surface area (Å²) in [5.74, 6) is 1.92. The minimum absolute atomic E-state index is 0.123. The molecule has 0 aromatic heterocycles. The molecule has 2 aromatic carbocycles. The molecule has 0 amide bonds. The second-order valence-corrected chi connectivity index (χ2v) is 5.36. The maximum absolute atomic E-state index is 5.90. The number of hydrogen-bond acceptors (Lipinski definition) is 2. The zero-order chi connectivity index (χ0) is 13.9. The van der Waals surface area contributed by atoms with Crippen molar-refractivity contribution >= 4 is 0 Å². The topological polar surface area (TPSA) is 18.5 Å². The monoisotopic (exact) mass is 268 g/mol. The Morgan fingerprint density at radius 3 is 2.70 bits per heavy atom. The predicted octanol–water partition coefficient (Wildman–Crippen LogP) is 3.94. The molecule has 3 rings (SSSR count). The van der Waals surface area contributed by atoms with Crippen LogP contribution in [-0.2, 0) is 12.8 Å². The van der Waals surface area contributed by atoms with Gasteiger partial charge in [0, 0.05) is 6.42 Å².